The van der Waals surface area contributed by atoms with Crippen LogP contribution in [0.4, 0.5) is 5.69 Å². The molecule has 2 N–H and O–H groups in total. The maximum Gasteiger partial charge on any atom is 0.153 e. The van der Waals surface area contributed by atoms with Crippen LogP contribution in [0.1, 0.15) is 15.9 Å². The molecule has 0 atom stereocenters. The number of carbonyl (C=O) groups is 1. The number of hydrogen-bond donors (Lipinski definition) is 2. The molecule has 0 radical (unpaired) electrons. The number of hydrogen-bond acceptors (Lipinski definition) is 3. The molecular weight excluding hydrogens is 214 g/mol. The Morgan fingerprint density at radius 1 is 1.12 bits per heavy atom. The SMILES string of the molecule is O=Cc1ccc(NCc2ccccc2)cc1O. The van der Waals surface area contributed by atoms with Crippen LogP contribution in [0.3, 0.4) is 0 Å². The van der Waals surface area contributed by atoms with Crippen molar-refractivity contribution in [3.63, 3.8) is 0 Å². The molecule has 0 aromatic heterocycles. The van der Waals surface area contributed by atoms with Crippen molar-refractivity contribution in [2.45, 2.75) is 6.54 Å². The van der Waals surface area contributed by atoms with Crippen LogP contribution in [-0.2, 0) is 6.54 Å². The van der Waals surface area contributed by atoms with Gasteiger partial charge in [0.25, 0.3) is 0 Å². The predicted molar refractivity (Wildman–Crippen MR) is 67.3 cm³/mol. The molecular formula is C14H13NO2. The second-order valence-corrected chi connectivity index (χ2v) is 3.73. The molecule has 0 fully saturated rings. The summed E-state index contributed by atoms with van der Waals surface area (Å²) in [6.07, 6.45) is 0.635. The third kappa shape index (κ3) is 2.84. The maximum atomic E-state index is 10.5. The first-order valence-electron chi connectivity index (χ1n) is 5.35. The van der Waals surface area contributed by atoms with Gasteiger partial charge in [0.15, 0.2) is 6.29 Å². The molecule has 86 valence electrons. The van der Waals surface area contributed by atoms with Crippen LogP contribution in [0.2, 0.25) is 0 Å². The number of aromatic hydroxyl groups is 1. The molecule has 3 nitrogen and oxygen atoms in total. The molecule has 0 aliphatic carbocycles. The molecule has 3 heteroatoms. The highest BCUT2D eigenvalue weighted by Gasteiger charge is 2.01. The minimum absolute atomic E-state index is 0.00179. The first-order chi connectivity index (χ1) is 8.29. The second kappa shape index (κ2) is 5.16. The highest BCUT2D eigenvalue weighted by atomic mass is 16.3. The lowest BCUT2D eigenvalue weighted by Crippen LogP contribution is -1.99. The van der Waals surface area contributed by atoms with Crippen LogP contribution in [0.15, 0.2) is 48.5 Å². The molecule has 0 aliphatic rings. The lowest BCUT2D eigenvalue weighted by atomic mass is 10.2. The Morgan fingerprint density at radius 2 is 1.88 bits per heavy atom. The molecule has 0 heterocycles. The summed E-state index contributed by atoms with van der Waals surface area (Å²) in [5.74, 6) is -0.00179. The fraction of sp³-hybridized carbons (Fsp3) is 0.0714. The summed E-state index contributed by atoms with van der Waals surface area (Å²) in [6, 6.07) is 14.9. The summed E-state index contributed by atoms with van der Waals surface area (Å²) in [7, 11) is 0. The minimum Gasteiger partial charge on any atom is -0.507 e. The highest BCUT2D eigenvalue weighted by molar-refractivity contribution is 5.80. The van der Waals surface area contributed by atoms with E-state index in [1.807, 2.05) is 30.3 Å². The van der Waals surface area contributed by atoms with Gasteiger partial charge in [0.05, 0.1) is 5.56 Å². The molecule has 2 aromatic rings. The summed E-state index contributed by atoms with van der Waals surface area (Å²) >= 11 is 0. The van der Waals surface area contributed by atoms with Gasteiger partial charge in [0, 0.05) is 18.3 Å². The molecule has 0 unspecified atom stereocenters. The van der Waals surface area contributed by atoms with E-state index < -0.39 is 0 Å². The van der Waals surface area contributed by atoms with Gasteiger partial charge in [0.1, 0.15) is 5.75 Å². The minimum atomic E-state index is -0.00179. The van der Waals surface area contributed by atoms with Gasteiger partial charge >= 0.3 is 0 Å². The number of anilines is 1. The van der Waals surface area contributed by atoms with Crippen LogP contribution in [0, 0.1) is 0 Å². The van der Waals surface area contributed by atoms with Gasteiger partial charge in [-0.2, -0.15) is 0 Å². The van der Waals surface area contributed by atoms with Crippen LogP contribution in [0.5, 0.6) is 5.75 Å². The lowest BCUT2D eigenvalue weighted by Gasteiger charge is -2.07. The van der Waals surface area contributed by atoms with E-state index in [-0.39, 0.29) is 5.75 Å². The Balaban J connectivity index is 2.05. The van der Waals surface area contributed by atoms with Gasteiger partial charge in [-0.3, -0.25) is 4.79 Å². The summed E-state index contributed by atoms with van der Waals surface area (Å²) in [4.78, 5) is 10.5. The van der Waals surface area contributed by atoms with Crippen LogP contribution in [-0.4, -0.2) is 11.4 Å². The van der Waals surface area contributed by atoms with Crippen molar-refractivity contribution in [3.8, 4) is 5.75 Å². The van der Waals surface area contributed by atoms with Crippen LogP contribution >= 0.6 is 0 Å². The van der Waals surface area contributed by atoms with Crippen LogP contribution < -0.4 is 5.32 Å². The molecule has 0 bridgehead atoms. The standard InChI is InChI=1S/C14H13NO2/c16-10-12-6-7-13(8-14(12)17)15-9-11-4-2-1-3-5-11/h1-8,10,15,17H,9H2. The zero-order valence-electron chi connectivity index (χ0n) is 9.26. The fourth-order valence-electron chi connectivity index (χ4n) is 1.55. The smallest absolute Gasteiger partial charge is 0.153 e. The Bertz CT molecular complexity index is 509. The number of carbonyl (C=O) groups excluding carboxylic acids is 1. The zero-order chi connectivity index (χ0) is 12.1. The first-order valence-corrected chi connectivity index (χ1v) is 5.35. The predicted octanol–water partition coefficient (Wildman–Crippen LogP) is 2.82. The second-order valence-electron chi connectivity index (χ2n) is 3.73. The Morgan fingerprint density at radius 3 is 2.53 bits per heavy atom. The average molecular weight is 227 g/mol. The Hall–Kier alpha value is -2.29. The first kappa shape index (κ1) is 11.2. The lowest BCUT2D eigenvalue weighted by molar-refractivity contribution is 0.112. The number of phenols is 1. The van der Waals surface area contributed by atoms with E-state index in [2.05, 4.69) is 5.32 Å². The number of nitrogens with one attached hydrogen (secondary N) is 1. The molecule has 2 rings (SSSR count). The number of rotatable bonds is 4. The van der Waals surface area contributed by atoms with Crippen molar-refractivity contribution in [3.05, 3.63) is 59.7 Å². The maximum absolute atomic E-state index is 10.5. The van der Waals surface area contributed by atoms with E-state index in [1.54, 1.807) is 18.2 Å². The molecule has 0 amide bonds. The molecule has 2 aromatic carbocycles. The molecule has 0 spiro atoms. The topological polar surface area (TPSA) is 49.3 Å². The van der Waals surface area contributed by atoms with Gasteiger partial charge in [-0.05, 0) is 17.7 Å². The summed E-state index contributed by atoms with van der Waals surface area (Å²) in [5, 5.41) is 12.7. The quantitative estimate of drug-likeness (QED) is 0.789. The summed E-state index contributed by atoms with van der Waals surface area (Å²) in [6.45, 7) is 0.681. The van der Waals surface area contributed by atoms with Crippen LogP contribution in [0.25, 0.3) is 0 Å². The van der Waals surface area contributed by atoms with Gasteiger partial charge in [-0.1, -0.05) is 30.3 Å². The van der Waals surface area contributed by atoms with Crippen molar-refractivity contribution in [1.82, 2.24) is 0 Å². The largest absolute Gasteiger partial charge is 0.507 e. The third-order valence-electron chi connectivity index (χ3n) is 2.50. The van der Waals surface area contributed by atoms with Crippen molar-refractivity contribution in [1.29, 1.82) is 0 Å². The molecule has 0 saturated heterocycles. The van der Waals surface area contributed by atoms with Gasteiger partial charge in [-0.25, -0.2) is 0 Å². The van der Waals surface area contributed by atoms with E-state index in [1.165, 1.54) is 0 Å². The van der Waals surface area contributed by atoms with Crippen molar-refractivity contribution >= 4 is 12.0 Å². The Kier molecular flexibility index (Phi) is 3.40. The highest BCUT2D eigenvalue weighted by Crippen LogP contribution is 2.20. The molecule has 0 saturated carbocycles. The fourth-order valence-corrected chi connectivity index (χ4v) is 1.55. The summed E-state index contributed by atoms with van der Waals surface area (Å²) < 4.78 is 0. The van der Waals surface area contributed by atoms with Gasteiger partial charge in [-0.15, -0.1) is 0 Å². The van der Waals surface area contributed by atoms with Crippen molar-refractivity contribution in [2.75, 3.05) is 5.32 Å². The van der Waals surface area contributed by atoms with Gasteiger partial charge in [0.2, 0.25) is 0 Å². The van der Waals surface area contributed by atoms with Crippen molar-refractivity contribution in [2.24, 2.45) is 0 Å². The number of aldehydes is 1. The van der Waals surface area contributed by atoms with E-state index in [4.69, 9.17) is 0 Å². The average Bonchev–Trinajstić information content (AvgIpc) is 2.38. The normalized spacial score (nSPS) is 9.88. The monoisotopic (exact) mass is 227 g/mol. The van der Waals surface area contributed by atoms with E-state index in [9.17, 15) is 9.90 Å². The number of benzene rings is 2. The molecule has 0 aliphatic heterocycles. The van der Waals surface area contributed by atoms with E-state index in [0.29, 0.717) is 18.4 Å². The zero-order valence-corrected chi connectivity index (χ0v) is 9.26. The van der Waals surface area contributed by atoms with E-state index >= 15 is 0 Å². The number of phenolic OH excluding ortho intramolecular Hbond substituents is 1. The van der Waals surface area contributed by atoms with Crippen molar-refractivity contribution < 1.29 is 9.90 Å². The van der Waals surface area contributed by atoms with E-state index in [0.717, 1.165) is 11.3 Å². The summed E-state index contributed by atoms with van der Waals surface area (Å²) in [5.41, 5.74) is 2.25. The molecule has 17 heavy (non-hydrogen) atoms. The van der Waals surface area contributed by atoms with Gasteiger partial charge < -0.3 is 10.4 Å². The Labute approximate surface area is 99.7 Å². The third-order valence-corrected chi connectivity index (χ3v) is 2.50.